The standard InChI is InChI=1S/C35H42N2O7/c1-5-31(33(38)36-23(2)20-43-32(34(39)41-4)19-25-13-7-6-8-14-25)42-21-24(3)37-35(40)44-22-30-28-17-11-9-15-26(28)27-16-10-12-18-29(27)30/h6-18,23-24,30-32H,5,19-22H2,1-4H3,(H,36,38)(H,37,40)/t23-,24+,31-,32-/m0/s1. The van der Waals surface area contributed by atoms with Gasteiger partial charge in [0.2, 0.25) is 5.91 Å². The maximum atomic E-state index is 12.9. The first-order chi connectivity index (χ1) is 21.3. The molecule has 0 aromatic heterocycles. The summed E-state index contributed by atoms with van der Waals surface area (Å²) in [6, 6.07) is 25.1. The molecule has 0 unspecified atom stereocenters. The highest BCUT2D eigenvalue weighted by molar-refractivity contribution is 5.81. The number of nitrogens with one attached hydrogen (secondary N) is 2. The number of fused-ring (bicyclic) bond motifs is 3. The minimum absolute atomic E-state index is 0.0277. The lowest BCUT2D eigenvalue weighted by Crippen LogP contribution is -2.45. The summed E-state index contributed by atoms with van der Waals surface area (Å²) in [5.74, 6) is -0.797. The fourth-order valence-electron chi connectivity index (χ4n) is 5.33. The fraction of sp³-hybridized carbons (Fsp3) is 0.400. The van der Waals surface area contributed by atoms with Crippen LogP contribution in [0.2, 0.25) is 0 Å². The summed E-state index contributed by atoms with van der Waals surface area (Å²) in [4.78, 5) is 37.8. The van der Waals surface area contributed by atoms with E-state index in [2.05, 4.69) is 34.9 Å². The second kappa shape index (κ2) is 16.0. The predicted octanol–water partition coefficient (Wildman–Crippen LogP) is 5.01. The summed E-state index contributed by atoms with van der Waals surface area (Å²) in [7, 11) is 1.32. The minimum atomic E-state index is -0.787. The lowest BCUT2D eigenvalue weighted by molar-refractivity contribution is -0.154. The van der Waals surface area contributed by atoms with E-state index in [0.29, 0.717) is 12.8 Å². The number of alkyl carbamates (subject to hydrolysis) is 1. The van der Waals surface area contributed by atoms with Crippen LogP contribution in [-0.4, -0.2) is 69.2 Å². The highest BCUT2D eigenvalue weighted by Crippen LogP contribution is 2.44. The Morgan fingerprint density at radius 1 is 0.750 bits per heavy atom. The Balaban J connectivity index is 1.19. The molecular formula is C35H42N2O7. The van der Waals surface area contributed by atoms with E-state index in [4.69, 9.17) is 18.9 Å². The highest BCUT2D eigenvalue weighted by Gasteiger charge is 2.29. The summed E-state index contributed by atoms with van der Waals surface area (Å²) < 4.78 is 22.2. The third kappa shape index (κ3) is 8.67. The van der Waals surface area contributed by atoms with Crippen molar-refractivity contribution < 1.29 is 33.3 Å². The first kappa shape index (κ1) is 32.7. The lowest BCUT2D eigenvalue weighted by Gasteiger charge is -2.23. The highest BCUT2D eigenvalue weighted by atomic mass is 16.6. The molecule has 2 N–H and O–H groups in total. The van der Waals surface area contributed by atoms with Crippen LogP contribution in [0.3, 0.4) is 0 Å². The monoisotopic (exact) mass is 602 g/mol. The van der Waals surface area contributed by atoms with Crippen LogP contribution >= 0.6 is 0 Å². The van der Waals surface area contributed by atoms with Gasteiger partial charge in [0.15, 0.2) is 6.10 Å². The van der Waals surface area contributed by atoms with Crippen LogP contribution < -0.4 is 10.6 Å². The summed E-state index contributed by atoms with van der Waals surface area (Å²) in [5.41, 5.74) is 5.57. The first-order valence-corrected chi connectivity index (χ1v) is 15.1. The Morgan fingerprint density at radius 3 is 1.89 bits per heavy atom. The zero-order chi connectivity index (χ0) is 31.5. The SMILES string of the molecule is CC[C@H](OC[C@@H](C)NC(=O)OCC1c2ccccc2-c2ccccc21)C(=O)N[C@@H](C)CO[C@@H](Cc1ccccc1)C(=O)OC. The first-order valence-electron chi connectivity index (χ1n) is 15.1. The topological polar surface area (TPSA) is 112 Å². The molecule has 4 atom stereocenters. The van der Waals surface area contributed by atoms with E-state index < -0.39 is 24.3 Å². The van der Waals surface area contributed by atoms with Gasteiger partial charge in [-0.05, 0) is 48.1 Å². The van der Waals surface area contributed by atoms with Gasteiger partial charge in [-0.1, -0.05) is 85.8 Å². The van der Waals surface area contributed by atoms with E-state index in [0.717, 1.165) is 16.7 Å². The zero-order valence-electron chi connectivity index (χ0n) is 25.8. The number of esters is 1. The quantitative estimate of drug-likeness (QED) is 0.235. The van der Waals surface area contributed by atoms with Crippen molar-refractivity contribution in [3.63, 3.8) is 0 Å². The second-order valence-electron chi connectivity index (χ2n) is 11.0. The number of methoxy groups -OCH3 is 1. The van der Waals surface area contributed by atoms with Crippen molar-refractivity contribution in [1.29, 1.82) is 0 Å². The third-order valence-corrected chi connectivity index (χ3v) is 7.58. The predicted molar refractivity (Wildman–Crippen MR) is 167 cm³/mol. The molecule has 1 aliphatic rings. The molecule has 1 aliphatic carbocycles. The van der Waals surface area contributed by atoms with E-state index in [-0.39, 0.29) is 43.7 Å². The lowest BCUT2D eigenvalue weighted by atomic mass is 9.98. The molecular weight excluding hydrogens is 560 g/mol. The van der Waals surface area contributed by atoms with Gasteiger partial charge >= 0.3 is 12.1 Å². The van der Waals surface area contributed by atoms with Gasteiger partial charge in [-0.15, -0.1) is 0 Å². The molecule has 0 spiro atoms. The molecule has 0 radical (unpaired) electrons. The van der Waals surface area contributed by atoms with Crippen LogP contribution in [-0.2, 0) is 35.0 Å². The van der Waals surface area contributed by atoms with Gasteiger partial charge in [0.1, 0.15) is 12.7 Å². The molecule has 44 heavy (non-hydrogen) atoms. The van der Waals surface area contributed by atoms with E-state index >= 15 is 0 Å². The fourth-order valence-corrected chi connectivity index (χ4v) is 5.33. The van der Waals surface area contributed by atoms with E-state index in [1.807, 2.05) is 61.5 Å². The molecule has 3 aromatic carbocycles. The average molecular weight is 603 g/mol. The summed E-state index contributed by atoms with van der Waals surface area (Å²) in [6.45, 7) is 5.90. The molecule has 0 bridgehead atoms. The van der Waals surface area contributed by atoms with Crippen LogP contribution in [0.1, 0.15) is 49.8 Å². The Hall–Kier alpha value is -4.21. The van der Waals surface area contributed by atoms with Crippen molar-refractivity contribution in [1.82, 2.24) is 10.6 Å². The zero-order valence-corrected chi connectivity index (χ0v) is 25.8. The smallest absolute Gasteiger partial charge is 0.407 e. The molecule has 0 fully saturated rings. The molecule has 3 aromatic rings. The number of benzene rings is 3. The van der Waals surface area contributed by atoms with Gasteiger partial charge in [0, 0.05) is 18.4 Å². The Morgan fingerprint density at radius 2 is 1.30 bits per heavy atom. The van der Waals surface area contributed by atoms with E-state index in [1.165, 1.54) is 18.2 Å². The van der Waals surface area contributed by atoms with Gasteiger partial charge < -0.3 is 29.6 Å². The largest absolute Gasteiger partial charge is 0.467 e. The average Bonchev–Trinajstić information content (AvgIpc) is 3.36. The Kier molecular flexibility index (Phi) is 11.9. The summed E-state index contributed by atoms with van der Waals surface area (Å²) >= 11 is 0. The van der Waals surface area contributed by atoms with Gasteiger partial charge in [-0.3, -0.25) is 4.79 Å². The van der Waals surface area contributed by atoms with Crippen LogP contribution in [0.25, 0.3) is 11.1 Å². The Bertz CT molecular complexity index is 1350. The number of hydrogen-bond donors (Lipinski definition) is 2. The van der Waals surface area contributed by atoms with Crippen molar-refractivity contribution >= 4 is 18.0 Å². The molecule has 234 valence electrons. The molecule has 2 amide bonds. The Labute approximate surface area is 259 Å². The summed E-state index contributed by atoms with van der Waals surface area (Å²) in [5, 5.41) is 5.68. The van der Waals surface area contributed by atoms with Crippen LogP contribution in [0.15, 0.2) is 78.9 Å². The number of carbonyl (C=O) groups excluding carboxylic acids is 3. The normalized spacial score (nSPS) is 14.8. The van der Waals surface area contributed by atoms with Crippen LogP contribution in [0.4, 0.5) is 4.79 Å². The number of rotatable bonds is 15. The van der Waals surface area contributed by atoms with Gasteiger partial charge in [0.25, 0.3) is 0 Å². The van der Waals surface area contributed by atoms with E-state index in [1.54, 1.807) is 13.8 Å². The molecule has 9 nitrogen and oxygen atoms in total. The molecule has 9 heteroatoms. The molecule has 0 heterocycles. The van der Waals surface area contributed by atoms with Crippen molar-refractivity contribution in [3.8, 4) is 11.1 Å². The van der Waals surface area contributed by atoms with Crippen molar-refractivity contribution in [2.75, 3.05) is 26.9 Å². The van der Waals surface area contributed by atoms with Gasteiger partial charge in [-0.2, -0.15) is 0 Å². The van der Waals surface area contributed by atoms with Crippen molar-refractivity contribution in [2.24, 2.45) is 0 Å². The molecule has 0 saturated heterocycles. The number of carbonyl (C=O) groups is 3. The van der Waals surface area contributed by atoms with Crippen molar-refractivity contribution in [2.45, 2.75) is 63.8 Å². The number of ether oxygens (including phenoxy) is 4. The third-order valence-electron chi connectivity index (χ3n) is 7.58. The van der Waals surface area contributed by atoms with Crippen molar-refractivity contribution in [3.05, 3.63) is 95.6 Å². The molecule has 4 rings (SSSR count). The second-order valence-corrected chi connectivity index (χ2v) is 11.0. The number of hydrogen-bond acceptors (Lipinski definition) is 7. The molecule has 0 aliphatic heterocycles. The maximum absolute atomic E-state index is 12.9. The molecule has 0 saturated carbocycles. The van der Waals surface area contributed by atoms with Crippen LogP contribution in [0, 0.1) is 0 Å². The van der Waals surface area contributed by atoms with Crippen LogP contribution in [0.5, 0.6) is 0 Å². The maximum Gasteiger partial charge on any atom is 0.407 e. The minimum Gasteiger partial charge on any atom is -0.467 e. The summed E-state index contributed by atoms with van der Waals surface area (Å²) in [6.07, 6.45) is -1.24. The van der Waals surface area contributed by atoms with Gasteiger partial charge in [0.05, 0.1) is 26.4 Å². The number of amides is 2. The van der Waals surface area contributed by atoms with E-state index in [9.17, 15) is 14.4 Å². The van der Waals surface area contributed by atoms with Gasteiger partial charge in [-0.25, -0.2) is 9.59 Å².